The van der Waals surface area contributed by atoms with Gasteiger partial charge in [0.15, 0.2) is 0 Å². The van der Waals surface area contributed by atoms with Crippen molar-refractivity contribution in [3.8, 4) is 5.75 Å². The van der Waals surface area contributed by atoms with Gasteiger partial charge in [-0.1, -0.05) is 13.0 Å². The van der Waals surface area contributed by atoms with Gasteiger partial charge in [-0.15, -0.1) is 0 Å². The fourth-order valence-corrected chi connectivity index (χ4v) is 3.33. The molecular weight excluding hydrogens is 316 g/mol. The zero-order valence-electron chi connectivity index (χ0n) is 12.7. The average molecular weight is 341 g/mol. The molecule has 1 aliphatic heterocycles. The predicted octanol–water partition coefficient (Wildman–Crippen LogP) is 3.42. The summed E-state index contributed by atoms with van der Waals surface area (Å²) in [5.74, 6) is 0.894. The Balaban J connectivity index is 2.08. The van der Waals surface area contributed by atoms with Crippen LogP contribution in [0.25, 0.3) is 0 Å². The van der Waals surface area contributed by atoms with Gasteiger partial charge in [0.25, 0.3) is 0 Å². The van der Waals surface area contributed by atoms with Crippen LogP contribution in [-0.4, -0.2) is 37.2 Å². The van der Waals surface area contributed by atoms with Crippen molar-refractivity contribution in [1.82, 2.24) is 10.2 Å². The quantitative estimate of drug-likeness (QED) is 0.908. The van der Waals surface area contributed by atoms with E-state index < -0.39 is 0 Å². The Labute approximate surface area is 130 Å². The highest BCUT2D eigenvalue weighted by molar-refractivity contribution is 9.10. The highest BCUT2D eigenvalue weighted by atomic mass is 79.9. The molecule has 4 heteroatoms. The lowest BCUT2D eigenvalue weighted by molar-refractivity contribution is 0.194. The fourth-order valence-electron chi connectivity index (χ4n) is 2.74. The largest absolute Gasteiger partial charge is 0.496 e. The van der Waals surface area contributed by atoms with Crippen LogP contribution >= 0.6 is 15.9 Å². The summed E-state index contributed by atoms with van der Waals surface area (Å²) >= 11 is 3.57. The SMILES string of the molecule is CCC1CN(Cc2ccc(OC)c(Br)c2)C(C)CCN1. The number of hydrogen-bond acceptors (Lipinski definition) is 3. The summed E-state index contributed by atoms with van der Waals surface area (Å²) in [6, 6.07) is 7.61. The molecular formula is C16H25BrN2O. The van der Waals surface area contributed by atoms with Crippen molar-refractivity contribution in [2.24, 2.45) is 0 Å². The van der Waals surface area contributed by atoms with Gasteiger partial charge in [0, 0.05) is 25.2 Å². The highest BCUT2D eigenvalue weighted by Crippen LogP contribution is 2.26. The van der Waals surface area contributed by atoms with Gasteiger partial charge in [-0.25, -0.2) is 0 Å². The van der Waals surface area contributed by atoms with E-state index in [1.807, 2.05) is 6.07 Å². The number of nitrogens with one attached hydrogen (secondary N) is 1. The monoisotopic (exact) mass is 340 g/mol. The van der Waals surface area contributed by atoms with Gasteiger partial charge in [0.2, 0.25) is 0 Å². The molecule has 0 radical (unpaired) electrons. The van der Waals surface area contributed by atoms with Crippen LogP contribution < -0.4 is 10.1 Å². The molecule has 0 aliphatic carbocycles. The van der Waals surface area contributed by atoms with Gasteiger partial charge in [0.1, 0.15) is 5.75 Å². The second-order valence-corrected chi connectivity index (χ2v) is 6.45. The number of benzene rings is 1. The summed E-state index contributed by atoms with van der Waals surface area (Å²) in [5.41, 5.74) is 1.33. The van der Waals surface area contributed by atoms with E-state index in [0.29, 0.717) is 12.1 Å². The van der Waals surface area contributed by atoms with E-state index in [9.17, 15) is 0 Å². The molecule has 20 heavy (non-hydrogen) atoms. The van der Waals surface area contributed by atoms with Gasteiger partial charge in [-0.05, 0) is 59.9 Å². The van der Waals surface area contributed by atoms with Crippen LogP contribution in [0, 0.1) is 0 Å². The minimum atomic E-state index is 0.613. The number of ether oxygens (including phenoxy) is 1. The number of methoxy groups -OCH3 is 1. The molecule has 1 heterocycles. The molecule has 1 fully saturated rings. The minimum absolute atomic E-state index is 0.613. The zero-order chi connectivity index (χ0) is 14.5. The third-order valence-electron chi connectivity index (χ3n) is 4.17. The van der Waals surface area contributed by atoms with Crippen molar-refractivity contribution in [2.45, 2.75) is 45.3 Å². The molecule has 112 valence electrons. The Morgan fingerprint density at radius 2 is 2.25 bits per heavy atom. The van der Waals surface area contributed by atoms with E-state index in [1.165, 1.54) is 18.4 Å². The van der Waals surface area contributed by atoms with E-state index in [1.54, 1.807) is 7.11 Å². The number of hydrogen-bond donors (Lipinski definition) is 1. The summed E-state index contributed by atoms with van der Waals surface area (Å²) in [6.45, 7) is 7.85. The van der Waals surface area contributed by atoms with Crippen LogP contribution in [0.3, 0.4) is 0 Å². The standard InChI is InChI=1S/C16H25BrN2O/c1-4-14-11-19(12(2)7-8-18-14)10-13-5-6-16(20-3)15(17)9-13/h5-6,9,12,14,18H,4,7-8,10-11H2,1-3H3. The first-order chi connectivity index (χ1) is 9.63. The second kappa shape index (κ2) is 7.43. The minimum Gasteiger partial charge on any atom is -0.496 e. The Hall–Kier alpha value is -0.580. The molecule has 0 spiro atoms. The topological polar surface area (TPSA) is 24.5 Å². The molecule has 2 atom stereocenters. The molecule has 2 unspecified atom stereocenters. The second-order valence-electron chi connectivity index (χ2n) is 5.60. The van der Waals surface area contributed by atoms with Gasteiger partial charge in [-0.3, -0.25) is 4.90 Å². The maximum atomic E-state index is 5.30. The molecule has 1 aliphatic rings. The highest BCUT2D eigenvalue weighted by Gasteiger charge is 2.22. The molecule has 0 aromatic heterocycles. The Bertz CT molecular complexity index is 438. The van der Waals surface area contributed by atoms with Crippen LogP contribution in [0.15, 0.2) is 22.7 Å². The Morgan fingerprint density at radius 3 is 2.90 bits per heavy atom. The van der Waals surface area contributed by atoms with Gasteiger partial charge < -0.3 is 10.1 Å². The third-order valence-corrected chi connectivity index (χ3v) is 4.79. The lowest BCUT2D eigenvalue weighted by Gasteiger charge is -2.29. The molecule has 0 saturated carbocycles. The van der Waals surface area contributed by atoms with Gasteiger partial charge in [-0.2, -0.15) is 0 Å². The van der Waals surface area contributed by atoms with Crippen LogP contribution in [0.1, 0.15) is 32.3 Å². The molecule has 1 N–H and O–H groups in total. The summed E-state index contributed by atoms with van der Waals surface area (Å²) < 4.78 is 6.33. The van der Waals surface area contributed by atoms with Gasteiger partial charge in [0.05, 0.1) is 11.6 Å². The van der Waals surface area contributed by atoms with Crippen molar-refractivity contribution in [3.05, 3.63) is 28.2 Å². The summed E-state index contributed by atoms with van der Waals surface area (Å²) in [5, 5.41) is 3.64. The van der Waals surface area contributed by atoms with E-state index in [4.69, 9.17) is 4.74 Å². The van der Waals surface area contributed by atoms with Crippen molar-refractivity contribution < 1.29 is 4.74 Å². The molecule has 1 aromatic carbocycles. The van der Waals surface area contributed by atoms with E-state index >= 15 is 0 Å². The summed E-state index contributed by atoms with van der Waals surface area (Å²) in [7, 11) is 1.70. The molecule has 1 aromatic rings. The number of halogens is 1. The molecule has 1 saturated heterocycles. The van der Waals surface area contributed by atoms with Gasteiger partial charge >= 0.3 is 0 Å². The lowest BCUT2D eigenvalue weighted by atomic mass is 10.1. The van der Waals surface area contributed by atoms with Crippen molar-refractivity contribution in [1.29, 1.82) is 0 Å². The molecule has 0 bridgehead atoms. The van der Waals surface area contributed by atoms with Crippen molar-refractivity contribution in [2.75, 3.05) is 20.2 Å². The van der Waals surface area contributed by atoms with Crippen LogP contribution in [0.5, 0.6) is 5.75 Å². The first-order valence-corrected chi connectivity index (χ1v) is 8.23. The number of rotatable bonds is 4. The summed E-state index contributed by atoms with van der Waals surface area (Å²) in [6.07, 6.45) is 2.41. The Morgan fingerprint density at radius 1 is 1.45 bits per heavy atom. The molecule has 3 nitrogen and oxygen atoms in total. The first kappa shape index (κ1) is 15.8. The van der Waals surface area contributed by atoms with Crippen LogP contribution in [0.2, 0.25) is 0 Å². The maximum Gasteiger partial charge on any atom is 0.133 e. The third kappa shape index (κ3) is 3.96. The van der Waals surface area contributed by atoms with E-state index in [-0.39, 0.29) is 0 Å². The smallest absolute Gasteiger partial charge is 0.133 e. The molecule has 0 amide bonds. The van der Waals surface area contributed by atoms with Crippen molar-refractivity contribution >= 4 is 15.9 Å². The van der Waals surface area contributed by atoms with Crippen molar-refractivity contribution in [3.63, 3.8) is 0 Å². The lowest BCUT2D eigenvalue weighted by Crippen LogP contribution is -2.39. The van der Waals surface area contributed by atoms with E-state index in [2.05, 4.69) is 52.1 Å². The summed E-state index contributed by atoms with van der Waals surface area (Å²) in [4.78, 5) is 2.59. The normalized spacial score (nSPS) is 24.4. The molecule has 2 rings (SSSR count). The van der Waals surface area contributed by atoms with E-state index in [0.717, 1.165) is 29.9 Å². The fraction of sp³-hybridized carbons (Fsp3) is 0.625. The number of nitrogens with zero attached hydrogens (tertiary/aromatic N) is 1. The predicted molar refractivity (Wildman–Crippen MR) is 87.3 cm³/mol. The van der Waals surface area contributed by atoms with Crippen LogP contribution in [-0.2, 0) is 6.54 Å². The first-order valence-electron chi connectivity index (χ1n) is 7.44. The maximum absolute atomic E-state index is 5.30. The Kier molecular flexibility index (Phi) is 5.87. The zero-order valence-corrected chi connectivity index (χ0v) is 14.2. The average Bonchev–Trinajstić information content (AvgIpc) is 2.61. The van der Waals surface area contributed by atoms with Crippen LogP contribution in [0.4, 0.5) is 0 Å².